The summed E-state index contributed by atoms with van der Waals surface area (Å²) in [5, 5.41) is 14.4. The van der Waals surface area contributed by atoms with Crippen LogP contribution in [0.25, 0.3) is 0 Å². The van der Waals surface area contributed by atoms with Crippen molar-refractivity contribution in [3.63, 3.8) is 0 Å². The zero-order valence-electron chi connectivity index (χ0n) is 10.7. The van der Waals surface area contributed by atoms with Gasteiger partial charge in [0.1, 0.15) is 11.5 Å². The molecule has 0 aromatic carbocycles. The highest BCUT2D eigenvalue weighted by Gasteiger charge is 2.29. The van der Waals surface area contributed by atoms with Gasteiger partial charge in [-0.05, 0) is 6.92 Å². The van der Waals surface area contributed by atoms with Gasteiger partial charge in [0.15, 0.2) is 5.69 Å². The maximum absolute atomic E-state index is 11.9. The SMILES string of the molecule is Cc1[nH]nc(C(=O)O)c1S(=O)(=O)NCCOCC(F)(F)F. The van der Waals surface area contributed by atoms with E-state index in [4.69, 9.17) is 5.11 Å². The van der Waals surface area contributed by atoms with Crippen LogP contribution in [0.4, 0.5) is 13.2 Å². The minimum Gasteiger partial charge on any atom is -0.476 e. The number of aromatic nitrogens is 2. The highest BCUT2D eigenvalue weighted by molar-refractivity contribution is 7.89. The van der Waals surface area contributed by atoms with Gasteiger partial charge in [-0.2, -0.15) is 18.3 Å². The zero-order valence-corrected chi connectivity index (χ0v) is 11.5. The monoisotopic (exact) mass is 331 g/mol. The second-order valence-electron chi connectivity index (χ2n) is 3.90. The minimum atomic E-state index is -4.50. The van der Waals surface area contributed by atoms with Crippen LogP contribution in [0.5, 0.6) is 0 Å². The van der Waals surface area contributed by atoms with Gasteiger partial charge in [-0.15, -0.1) is 0 Å². The number of carboxylic acids is 1. The number of sulfonamides is 1. The number of aryl methyl sites for hydroxylation is 1. The van der Waals surface area contributed by atoms with Crippen LogP contribution in [0.3, 0.4) is 0 Å². The summed E-state index contributed by atoms with van der Waals surface area (Å²) in [4.78, 5) is 10.3. The molecule has 0 bridgehead atoms. The van der Waals surface area contributed by atoms with Crippen LogP contribution in [0.1, 0.15) is 16.2 Å². The van der Waals surface area contributed by atoms with Crippen molar-refractivity contribution in [1.29, 1.82) is 0 Å². The van der Waals surface area contributed by atoms with Crippen LogP contribution in [-0.2, 0) is 14.8 Å². The first-order chi connectivity index (χ1) is 9.54. The molecule has 12 heteroatoms. The van der Waals surface area contributed by atoms with Crippen molar-refractivity contribution in [2.75, 3.05) is 19.8 Å². The molecule has 21 heavy (non-hydrogen) atoms. The van der Waals surface area contributed by atoms with E-state index in [1.165, 1.54) is 6.92 Å². The maximum atomic E-state index is 11.9. The van der Waals surface area contributed by atoms with E-state index in [9.17, 15) is 26.4 Å². The van der Waals surface area contributed by atoms with Gasteiger partial charge in [0, 0.05) is 6.54 Å². The van der Waals surface area contributed by atoms with Gasteiger partial charge in [-0.1, -0.05) is 0 Å². The molecule has 0 saturated carbocycles. The van der Waals surface area contributed by atoms with Crippen molar-refractivity contribution in [2.24, 2.45) is 0 Å². The average molecular weight is 331 g/mol. The number of alkyl halides is 3. The number of nitrogens with zero attached hydrogens (tertiary/aromatic N) is 1. The number of hydrogen-bond acceptors (Lipinski definition) is 5. The van der Waals surface area contributed by atoms with Crippen LogP contribution in [-0.4, -0.2) is 55.6 Å². The van der Waals surface area contributed by atoms with Gasteiger partial charge >= 0.3 is 12.1 Å². The second-order valence-corrected chi connectivity index (χ2v) is 5.60. The van der Waals surface area contributed by atoms with Crippen LogP contribution >= 0.6 is 0 Å². The molecule has 0 atom stereocenters. The summed E-state index contributed by atoms with van der Waals surface area (Å²) in [7, 11) is -4.23. The highest BCUT2D eigenvalue weighted by Crippen LogP contribution is 2.17. The zero-order chi connectivity index (χ0) is 16.3. The van der Waals surface area contributed by atoms with E-state index in [0.717, 1.165) is 0 Å². The fraction of sp³-hybridized carbons (Fsp3) is 0.556. The fourth-order valence-corrected chi connectivity index (χ4v) is 2.73. The van der Waals surface area contributed by atoms with Crippen molar-refractivity contribution in [3.05, 3.63) is 11.4 Å². The summed E-state index contributed by atoms with van der Waals surface area (Å²) in [6, 6.07) is 0. The number of halogens is 3. The molecule has 0 aliphatic carbocycles. The molecule has 3 N–H and O–H groups in total. The molecule has 0 aliphatic rings. The highest BCUT2D eigenvalue weighted by atomic mass is 32.2. The molecule has 1 aromatic heterocycles. The summed E-state index contributed by atoms with van der Waals surface area (Å²) in [5.74, 6) is -1.55. The second kappa shape index (κ2) is 6.41. The quantitative estimate of drug-likeness (QED) is 0.617. The molecule has 0 aliphatic heterocycles. The number of aromatic carboxylic acids is 1. The Bertz CT molecular complexity index is 611. The van der Waals surface area contributed by atoms with E-state index in [1.54, 1.807) is 0 Å². The standard InChI is InChI=1S/C9H12F3N3O5S/c1-5-7(6(8(16)17)15-14-5)21(18,19)13-2-3-20-4-9(10,11)12/h13H,2-4H2,1H3,(H,14,15)(H,16,17). The van der Waals surface area contributed by atoms with Gasteiger partial charge in [-0.3, -0.25) is 5.10 Å². The van der Waals surface area contributed by atoms with Crippen molar-refractivity contribution < 1.29 is 36.2 Å². The third-order valence-corrected chi connectivity index (χ3v) is 3.79. The normalized spacial score (nSPS) is 12.6. The number of ether oxygens (including phenoxy) is 1. The summed E-state index contributed by atoms with van der Waals surface area (Å²) < 4.78 is 65.3. The van der Waals surface area contributed by atoms with E-state index in [-0.39, 0.29) is 5.69 Å². The van der Waals surface area contributed by atoms with E-state index in [1.807, 2.05) is 4.72 Å². The Kier molecular flexibility index (Phi) is 5.31. The molecule has 0 fully saturated rings. The summed E-state index contributed by atoms with van der Waals surface area (Å²) >= 11 is 0. The summed E-state index contributed by atoms with van der Waals surface area (Å²) in [6.07, 6.45) is -4.50. The van der Waals surface area contributed by atoms with Crippen molar-refractivity contribution in [2.45, 2.75) is 18.0 Å². The van der Waals surface area contributed by atoms with Gasteiger partial charge in [-0.25, -0.2) is 17.9 Å². The summed E-state index contributed by atoms with van der Waals surface area (Å²) in [6.45, 7) is -1.16. The van der Waals surface area contributed by atoms with E-state index in [0.29, 0.717) is 0 Å². The fourth-order valence-electron chi connectivity index (χ4n) is 1.40. The Labute approximate surface area is 117 Å². The largest absolute Gasteiger partial charge is 0.476 e. The topological polar surface area (TPSA) is 121 Å². The Morgan fingerprint density at radius 1 is 1.48 bits per heavy atom. The van der Waals surface area contributed by atoms with Gasteiger partial charge in [0.25, 0.3) is 0 Å². The lowest BCUT2D eigenvalue weighted by molar-refractivity contribution is -0.173. The third kappa shape index (κ3) is 4.99. The molecule has 0 saturated heterocycles. The lowest BCUT2D eigenvalue weighted by atomic mass is 10.4. The molecule has 0 unspecified atom stereocenters. The maximum Gasteiger partial charge on any atom is 0.411 e. The first-order valence-corrected chi connectivity index (χ1v) is 6.95. The number of carboxylic acid groups (broad SMARTS) is 1. The van der Waals surface area contributed by atoms with Crippen molar-refractivity contribution in [1.82, 2.24) is 14.9 Å². The van der Waals surface area contributed by atoms with Crippen LogP contribution < -0.4 is 4.72 Å². The van der Waals surface area contributed by atoms with Crippen LogP contribution in [0.2, 0.25) is 0 Å². The number of carbonyl (C=O) groups is 1. The molecule has 8 nitrogen and oxygen atoms in total. The molecule has 0 amide bonds. The first-order valence-electron chi connectivity index (χ1n) is 5.47. The van der Waals surface area contributed by atoms with Crippen LogP contribution in [0.15, 0.2) is 4.90 Å². The number of aromatic amines is 1. The Hall–Kier alpha value is -1.66. The molecular formula is C9H12F3N3O5S. The van der Waals surface area contributed by atoms with E-state index in [2.05, 4.69) is 14.9 Å². The Morgan fingerprint density at radius 2 is 2.10 bits per heavy atom. The molecule has 1 rings (SSSR count). The van der Waals surface area contributed by atoms with E-state index >= 15 is 0 Å². The molecule has 0 spiro atoms. The van der Waals surface area contributed by atoms with Crippen molar-refractivity contribution in [3.8, 4) is 0 Å². The Balaban J connectivity index is 2.67. The average Bonchev–Trinajstić information content (AvgIpc) is 2.70. The molecule has 1 heterocycles. The predicted octanol–water partition coefficient (Wildman–Crippen LogP) is 0.274. The number of H-pyrrole nitrogens is 1. The van der Waals surface area contributed by atoms with Gasteiger partial charge in [0.2, 0.25) is 10.0 Å². The Morgan fingerprint density at radius 3 is 2.62 bits per heavy atom. The molecule has 1 aromatic rings. The van der Waals surface area contributed by atoms with Gasteiger partial charge in [0.05, 0.1) is 12.3 Å². The smallest absolute Gasteiger partial charge is 0.411 e. The van der Waals surface area contributed by atoms with Crippen molar-refractivity contribution >= 4 is 16.0 Å². The minimum absolute atomic E-state index is 0.00360. The molecule has 120 valence electrons. The number of rotatable bonds is 7. The lowest BCUT2D eigenvalue weighted by Gasteiger charge is -2.09. The van der Waals surface area contributed by atoms with E-state index < -0.39 is 52.5 Å². The number of hydrogen-bond donors (Lipinski definition) is 3. The van der Waals surface area contributed by atoms with Gasteiger partial charge < -0.3 is 9.84 Å². The molecular weight excluding hydrogens is 319 g/mol. The van der Waals surface area contributed by atoms with Crippen LogP contribution in [0, 0.1) is 6.92 Å². The third-order valence-electron chi connectivity index (χ3n) is 2.17. The number of nitrogens with one attached hydrogen (secondary N) is 2. The summed E-state index contributed by atoms with van der Waals surface area (Å²) in [5.41, 5.74) is -0.702. The molecule has 0 radical (unpaired) electrons. The first kappa shape index (κ1) is 17.4. The lowest BCUT2D eigenvalue weighted by Crippen LogP contribution is -2.30. The predicted molar refractivity (Wildman–Crippen MR) is 62.3 cm³/mol.